The molecule has 7 heteroatoms. The van der Waals surface area contributed by atoms with Crippen LogP contribution in [-0.4, -0.2) is 76.5 Å². The molecule has 0 aliphatic carbocycles. The van der Waals surface area contributed by atoms with Crippen LogP contribution in [0.2, 0.25) is 0 Å². The van der Waals surface area contributed by atoms with Gasteiger partial charge in [0.25, 0.3) is 0 Å². The van der Waals surface area contributed by atoms with Gasteiger partial charge in [-0.3, -0.25) is 9.69 Å². The number of hydrogen-bond donors (Lipinski definition) is 2. The lowest BCUT2D eigenvalue weighted by molar-refractivity contribution is -0.182. The molecule has 0 aliphatic heterocycles. The maximum atomic E-state index is 12.4. The predicted octanol–water partition coefficient (Wildman–Crippen LogP) is 2.72. The standard InChI is InChI=1S/C21H43NO6/c1-19(2,3)26-15-16(11-10-12-23)22(13-17(24)27-20(4,5)6)14-18(25)28-21(7,8)9/h16-17,23-24H,10-15H2,1-9H3/t16?,17-/m1/s1. The smallest absolute Gasteiger partial charge is 0.320 e. The minimum Gasteiger partial charge on any atom is -0.459 e. The van der Waals surface area contributed by atoms with Crippen molar-refractivity contribution < 1.29 is 29.2 Å². The van der Waals surface area contributed by atoms with E-state index in [0.717, 1.165) is 0 Å². The Hall–Kier alpha value is -0.730. The second kappa shape index (κ2) is 11.5. The fourth-order valence-electron chi connectivity index (χ4n) is 2.57. The Kier molecular flexibility index (Phi) is 11.2. The SMILES string of the molecule is CC(C)(C)OCC(CCCO)N(CC(=O)OC(C)(C)C)C[C@H](O)OC(C)(C)C. The van der Waals surface area contributed by atoms with Crippen LogP contribution in [0.1, 0.15) is 75.2 Å². The van der Waals surface area contributed by atoms with Crippen LogP contribution in [0.4, 0.5) is 0 Å². The number of esters is 1. The van der Waals surface area contributed by atoms with Crippen LogP contribution >= 0.6 is 0 Å². The van der Waals surface area contributed by atoms with Gasteiger partial charge in [0.2, 0.25) is 0 Å². The summed E-state index contributed by atoms with van der Waals surface area (Å²) in [5.41, 5.74) is -1.44. The Morgan fingerprint density at radius 3 is 1.96 bits per heavy atom. The molecule has 0 rings (SSSR count). The molecule has 0 radical (unpaired) electrons. The van der Waals surface area contributed by atoms with Crippen LogP contribution in [0.3, 0.4) is 0 Å². The molecule has 2 N–H and O–H groups in total. The molecular formula is C21H43NO6. The second-order valence-corrected chi connectivity index (χ2v) is 10.1. The molecule has 0 saturated carbocycles. The summed E-state index contributed by atoms with van der Waals surface area (Å²) < 4.78 is 17.0. The number of aliphatic hydroxyl groups is 2. The van der Waals surface area contributed by atoms with E-state index in [1.165, 1.54) is 0 Å². The molecule has 28 heavy (non-hydrogen) atoms. The van der Waals surface area contributed by atoms with E-state index in [0.29, 0.717) is 19.4 Å². The molecule has 1 unspecified atom stereocenters. The van der Waals surface area contributed by atoms with Gasteiger partial charge in [0.05, 0.1) is 30.9 Å². The maximum Gasteiger partial charge on any atom is 0.320 e. The van der Waals surface area contributed by atoms with Crippen LogP contribution in [0.5, 0.6) is 0 Å². The lowest BCUT2D eigenvalue weighted by atomic mass is 10.1. The Morgan fingerprint density at radius 2 is 1.54 bits per heavy atom. The minimum atomic E-state index is -1.06. The van der Waals surface area contributed by atoms with Gasteiger partial charge in [0.15, 0.2) is 6.29 Å². The zero-order valence-electron chi connectivity index (χ0n) is 19.4. The highest BCUT2D eigenvalue weighted by atomic mass is 16.6. The van der Waals surface area contributed by atoms with Crippen molar-refractivity contribution >= 4 is 5.97 Å². The second-order valence-electron chi connectivity index (χ2n) is 10.1. The van der Waals surface area contributed by atoms with Crippen molar-refractivity contribution in [3.8, 4) is 0 Å². The summed E-state index contributed by atoms with van der Waals surface area (Å²) in [5.74, 6) is -0.375. The van der Waals surface area contributed by atoms with Gasteiger partial charge in [0.1, 0.15) is 5.60 Å². The van der Waals surface area contributed by atoms with Gasteiger partial charge in [-0.15, -0.1) is 0 Å². The fraction of sp³-hybridized carbons (Fsp3) is 0.952. The predicted molar refractivity (Wildman–Crippen MR) is 110 cm³/mol. The number of ether oxygens (including phenoxy) is 3. The highest BCUT2D eigenvalue weighted by Gasteiger charge is 2.29. The van der Waals surface area contributed by atoms with Crippen molar-refractivity contribution in [2.24, 2.45) is 0 Å². The van der Waals surface area contributed by atoms with E-state index in [1.54, 1.807) is 0 Å². The van der Waals surface area contributed by atoms with Gasteiger partial charge in [-0.05, 0) is 75.2 Å². The van der Waals surface area contributed by atoms with Gasteiger partial charge >= 0.3 is 5.97 Å². The summed E-state index contributed by atoms with van der Waals surface area (Å²) in [5, 5.41) is 19.7. The van der Waals surface area contributed by atoms with Crippen molar-refractivity contribution in [1.29, 1.82) is 0 Å². The first-order valence-electron chi connectivity index (χ1n) is 10.1. The molecular weight excluding hydrogens is 362 g/mol. The highest BCUT2D eigenvalue weighted by molar-refractivity contribution is 5.72. The van der Waals surface area contributed by atoms with Crippen molar-refractivity contribution in [2.45, 2.75) is 104 Å². The molecule has 2 atom stereocenters. The topological polar surface area (TPSA) is 88.5 Å². The van der Waals surface area contributed by atoms with Crippen molar-refractivity contribution in [3.63, 3.8) is 0 Å². The average molecular weight is 406 g/mol. The first-order chi connectivity index (χ1) is 12.5. The number of rotatable bonds is 11. The number of nitrogens with zero attached hydrogens (tertiary/aromatic N) is 1. The molecule has 0 aromatic carbocycles. The zero-order chi connectivity index (χ0) is 22.2. The molecule has 0 bridgehead atoms. The molecule has 0 amide bonds. The quantitative estimate of drug-likeness (QED) is 0.403. The van der Waals surface area contributed by atoms with Crippen LogP contribution < -0.4 is 0 Å². The Bertz CT molecular complexity index is 447. The van der Waals surface area contributed by atoms with Gasteiger partial charge in [-0.25, -0.2) is 0 Å². The van der Waals surface area contributed by atoms with E-state index < -0.39 is 17.5 Å². The summed E-state index contributed by atoms with van der Waals surface area (Å²) in [7, 11) is 0. The summed E-state index contributed by atoms with van der Waals surface area (Å²) in [6.45, 7) is 17.5. The summed E-state index contributed by atoms with van der Waals surface area (Å²) in [6.07, 6.45) is 0.130. The van der Waals surface area contributed by atoms with Crippen LogP contribution in [0.15, 0.2) is 0 Å². The van der Waals surface area contributed by atoms with Crippen LogP contribution in [-0.2, 0) is 19.0 Å². The van der Waals surface area contributed by atoms with Crippen molar-refractivity contribution in [1.82, 2.24) is 4.90 Å². The first-order valence-corrected chi connectivity index (χ1v) is 10.1. The van der Waals surface area contributed by atoms with E-state index in [1.807, 2.05) is 67.2 Å². The third-order valence-electron chi connectivity index (χ3n) is 3.55. The summed E-state index contributed by atoms with van der Waals surface area (Å²) in [4.78, 5) is 14.3. The molecule has 0 aromatic heterocycles. The highest BCUT2D eigenvalue weighted by Crippen LogP contribution is 2.17. The molecule has 0 spiro atoms. The van der Waals surface area contributed by atoms with Crippen molar-refractivity contribution in [3.05, 3.63) is 0 Å². The molecule has 0 fully saturated rings. The first kappa shape index (κ1) is 27.3. The zero-order valence-corrected chi connectivity index (χ0v) is 19.4. The third kappa shape index (κ3) is 15.2. The summed E-state index contributed by atoms with van der Waals surface area (Å²) in [6, 6.07) is -0.169. The maximum absolute atomic E-state index is 12.4. The fourth-order valence-corrected chi connectivity index (χ4v) is 2.57. The van der Waals surface area contributed by atoms with Gasteiger partial charge in [-0.2, -0.15) is 0 Å². The molecule has 0 aliphatic rings. The van der Waals surface area contributed by atoms with Gasteiger partial charge in [-0.1, -0.05) is 0 Å². The summed E-state index contributed by atoms with van der Waals surface area (Å²) >= 11 is 0. The lowest BCUT2D eigenvalue weighted by Crippen LogP contribution is -2.49. The Labute approximate surface area is 171 Å². The molecule has 0 saturated heterocycles. The molecule has 7 nitrogen and oxygen atoms in total. The van der Waals surface area contributed by atoms with E-state index in [9.17, 15) is 15.0 Å². The Balaban J connectivity index is 5.35. The number of aliphatic hydroxyl groups excluding tert-OH is 2. The molecule has 0 heterocycles. The van der Waals surface area contributed by atoms with E-state index >= 15 is 0 Å². The monoisotopic (exact) mass is 405 g/mol. The average Bonchev–Trinajstić information content (AvgIpc) is 2.41. The minimum absolute atomic E-state index is 0.00539. The Morgan fingerprint density at radius 1 is 0.964 bits per heavy atom. The third-order valence-corrected chi connectivity index (χ3v) is 3.55. The number of hydrogen-bond acceptors (Lipinski definition) is 7. The number of carbonyl (C=O) groups excluding carboxylic acids is 1. The number of carbonyl (C=O) groups is 1. The normalized spacial score (nSPS) is 15.6. The van der Waals surface area contributed by atoms with E-state index in [2.05, 4.69) is 0 Å². The molecule has 168 valence electrons. The lowest BCUT2D eigenvalue weighted by Gasteiger charge is -2.36. The van der Waals surface area contributed by atoms with Gasteiger partial charge < -0.3 is 24.4 Å². The largest absolute Gasteiger partial charge is 0.459 e. The van der Waals surface area contributed by atoms with Gasteiger partial charge in [0, 0.05) is 12.6 Å². The van der Waals surface area contributed by atoms with Crippen LogP contribution in [0.25, 0.3) is 0 Å². The van der Waals surface area contributed by atoms with E-state index in [4.69, 9.17) is 14.2 Å². The van der Waals surface area contributed by atoms with Crippen LogP contribution in [0, 0.1) is 0 Å². The van der Waals surface area contributed by atoms with E-state index in [-0.39, 0.29) is 37.3 Å². The molecule has 0 aromatic rings. The van der Waals surface area contributed by atoms with Crippen molar-refractivity contribution in [2.75, 3.05) is 26.3 Å².